The van der Waals surface area contributed by atoms with Crippen LogP contribution in [0.2, 0.25) is 0 Å². The summed E-state index contributed by atoms with van der Waals surface area (Å²) in [5.74, 6) is -0.335. The number of benzene rings is 1. The number of aromatic nitrogens is 2. The van der Waals surface area contributed by atoms with E-state index in [0.717, 1.165) is 0 Å². The molecule has 1 aromatic heterocycles. The van der Waals surface area contributed by atoms with Crippen molar-refractivity contribution >= 4 is 5.91 Å². The molecule has 6 nitrogen and oxygen atoms in total. The molecule has 1 heterocycles. The van der Waals surface area contributed by atoms with Gasteiger partial charge in [0.1, 0.15) is 5.75 Å². The van der Waals surface area contributed by atoms with Gasteiger partial charge in [-0.2, -0.15) is 13.9 Å². The summed E-state index contributed by atoms with van der Waals surface area (Å²) < 4.78 is 28.5. The van der Waals surface area contributed by atoms with Gasteiger partial charge < -0.3 is 15.2 Å². The Morgan fingerprint density at radius 2 is 2.23 bits per heavy atom. The summed E-state index contributed by atoms with van der Waals surface area (Å²) in [5.41, 5.74) is 1.03. The normalized spacial score (nSPS) is 12.2. The number of nitrogens with one attached hydrogen (secondary N) is 2. The van der Waals surface area contributed by atoms with Crippen molar-refractivity contribution in [3.63, 3.8) is 0 Å². The van der Waals surface area contributed by atoms with Crippen molar-refractivity contribution in [3.8, 4) is 5.75 Å². The van der Waals surface area contributed by atoms with Crippen LogP contribution in [0.3, 0.4) is 0 Å². The first-order valence-electron chi connectivity index (χ1n) is 6.52. The summed E-state index contributed by atoms with van der Waals surface area (Å²) in [7, 11) is 0. The van der Waals surface area contributed by atoms with Crippen molar-refractivity contribution < 1.29 is 23.4 Å². The van der Waals surface area contributed by atoms with Crippen LogP contribution < -0.4 is 10.1 Å². The smallest absolute Gasteiger partial charge is 0.387 e. The van der Waals surface area contributed by atoms with E-state index in [9.17, 15) is 18.7 Å². The molecule has 0 saturated heterocycles. The average Bonchev–Trinajstić information content (AvgIpc) is 2.97. The Balaban J connectivity index is 1.86. The molecule has 2 rings (SSSR count). The lowest BCUT2D eigenvalue weighted by Crippen LogP contribution is -2.29. The SMILES string of the molecule is O=C(Cc1ccn[nH]1)NCC(O)c1cccc(OC(F)F)c1. The van der Waals surface area contributed by atoms with Crippen LogP contribution in [0, 0.1) is 0 Å². The topological polar surface area (TPSA) is 87.2 Å². The Labute approximate surface area is 125 Å². The highest BCUT2D eigenvalue weighted by Crippen LogP contribution is 2.20. The van der Waals surface area contributed by atoms with Crippen LogP contribution in [-0.4, -0.2) is 34.4 Å². The minimum Gasteiger partial charge on any atom is -0.435 e. The predicted octanol–water partition coefficient (Wildman–Crippen LogP) is 1.40. The lowest BCUT2D eigenvalue weighted by Gasteiger charge is -2.13. The van der Waals surface area contributed by atoms with E-state index in [2.05, 4.69) is 20.3 Å². The van der Waals surface area contributed by atoms with Gasteiger partial charge in [-0.3, -0.25) is 9.89 Å². The number of ether oxygens (including phenoxy) is 1. The maximum atomic E-state index is 12.1. The number of aliphatic hydroxyl groups excluding tert-OH is 1. The van der Waals surface area contributed by atoms with Crippen molar-refractivity contribution in [2.75, 3.05) is 6.54 Å². The third-order valence-corrected chi connectivity index (χ3v) is 2.87. The second-order valence-corrected chi connectivity index (χ2v) is 4.53. The molecule has 0 bridgehead atoms. The second kappa shape index (κ2) is 7.51. The van der Waals surface area contributed by atoms with Gasteiger partial charge in [0.25, 0.3) is 0 Å². The molecule has 0 fully saturated rings. The molecule has 0 radical (unpaired) electrons. The second-order valence-electron chi connectivity index (χ2n) is 4.53. The summed E-state index contributed by atoms with van der Waals surface area (Å²) >= 11 is 0. The Morgan fingerprint density at radius 1 is 1.41 bits per heavy atom. The van der Waals surface area contributed by atoms with Crippen LogP contribution in [-0.2, 0) is 11.2 Å². The van der Waals surface area contributed by atoms with Crippen LogP contribution in [0.5, 0.6) is 5.75 Å². The Kier molecular flexibility index (Phi) is 5.42. The van der Waals surface area contributed by atoms with Gasteiger partial charge in [-0.15, -0.1) is 0 Å². The number of aromatic amines is 1. The lowest BCUT2D eigenvalue weighted by atomic mass is 10.1. The number of H-pyrrole nitrogens is 1. The number of amides is 1. The van der Waals surface area contributed by atoms with Gasteiger partial charge in [0.15, 0.2) is 0 Å². The standard InChI is InChI=1S/C14H15F2N3O3/c15-14(16)22-11-3-1-2-9(6-11)12(20)8-17-13(21)7-10-4-5-18-19-10/h1-6,12,14,20H,7-8H2,(H,17,21)(H,18,19). The molecule has 0 saturated carbocycles. The van der Waals surface area contributed by atoms with Gasteiger partial charge in [0.2, 0.25) is 5.91 Å². The van der Waals surface area contributed by atoms with E-state index in [1.54, 1.807) is 12.1 Å². The Bertz CT molecular complexity index is 605. The molecular weight excluding hydrogens is 296 g/mol. The molecule has 2 aromatic rings. The molecule has 118 valence electrons. The fourth-order valence-electron chi connectivity index (χ4n) is 1.84. The van der Waals surface area contributed by atoms with Crippen LogP contribution >= 0.6 is 0 Å². The lowest BCUT2D eigenvalue weighted by molar-refractivity contribution is -0.120. The third-order valence-electron chi connectivity index (χ3n) is 2.87. The number of carbonyl (C=O) groups is 1. The molecule has 0 aliphatic rings. The van der Waals surface area contributed by atoms with Crippen LogP contribution in [0.25, 0.3) is 0 Å². The number of carbonyl (C=O) groups excluding carboxylic acids is 1. The molecular formula is C14H15F2N3O3. The zero-order chi connectivity index (χ0) is 15.9. The first-order valence-corrected chi connectivity index (χ1v) is 6.52. The van der Waals surface area contributed by atoms with E-state index >= 15 is 0 Å². The molecule has 0 spiro atoms. The minimum absolute atomic E-state index is 0.0366. The molecule has 1 amide bonds. The van der Waals surface area contributed by atoms with Crippen LogP contribution in [0.4, 0.5) is 8.78 Å². The monoisotopic (exact) mass is 311 g/mol. The molecule has 3 N–H and O–H groups in total. The highest BCUT2D eigenvalue weighted by Gasteiger charge is 2.12. The zero-order valence-corrected chi connectivity index (χ0v) is 11.5. The molecule has 0 aliphatic heterocycles. The van der Waals surface area contributed by atoms with E-state index in [0.29, 0.717) is 11.3 Å². The van der Waals surface area contributed by atoms with E-state index in [-0.39, 0.29) is 24.6 Å². The highest BCUT2D eigenvalue weighted by atomic mass is 19.3. The molecule has 1 unspecified atom stereocenters. The average molecular weight is 311 g/mol. The van der Waals surface area contributed by atoms with Gasteiger partial charge in [-0.05, 0) is 23.8 Å². The van der Waals surface area contributed by atoms with Gasteiger partial charge in [-0.25, -0.2) is 0 Å². The van der Waals surface area contributed by atoms with E-state index < -0.39 is 12.7 Å². The van der Waals surface area contributed by atoms with Crippen molar-refractivity contribution in [1.29, 1.82) is 0 Å². The fourth-order valence-corrected chi connectivity index (χ4v) is 1.84. The number of aliphatic hydroxyl groups is 1. The first-order chi connectivity index (χ1) is 10.5. The largest absolute Gasteiger partial charge is 0.435 e. The molecule has 1 atom stereocenters. The third kappa shape index (κ3) is 4.81. The summed E-state index contributed by atoms with van der Waals surface area (Å²) in [5, 5.41) is 18.9. The predicted molar refractivity (Wildman–Crippen MR) is 73.3 cm³/mol. The quantitative estimate of drug-likeness (QED) is 0.721. The number of alkyl halides is 2. The number of nitrogens with zero attached hydrogens (tertiary/aromatic N) is 1. The van der Waals surface area contributed by atoms with Gasteiger partial charge in [0.05, 0.1) is 12.5 Å². The van der Waals surface area contributed by atoms with Gasteiger partial charge in [0, 0.05) is 18.4 Å². The Hall–Kier alpha value is -2.48. The minimum atomic E-state index is -2.93. The summed E-state index contributed by atoms with van der Waals surface area (Å²) in [6.45, 7) is -2.97. The van der Waals surface area contributed by atoms with Crippen molar-refractivity contribution in [1.82, 2.24) is 15.5 Å². The maximum Gasteiger partial charge on any atom is 0.387 e. The fraction of sp³-hybridized carbons (Fsp3) is 0.286. The summed E-state index contributed by atoms with van der Waals surface area (Å²) in [6.07, 6.45) is 0.625. The highest BCUT2D eigenvalue weighted by molar-refractivity contribution is 5.78. The van der Waals surface area contributed by atoms with E-state index in [1.807, 2.05) is 0 Å². The van der Waals surface area contributed by atoms with Crippen molar-refractivity contribution in [2.24, 2.45) is 0 Å². The van der Waals surface area contributed by atoms with Crippen LogP contribution in [0.15, 0.2) is 36.5 Å². The number of hydrogen-bond donors (Lipinski definition) is 3. The molecule has 8 heteroatoms. The van der Waals surface area contributed by atoms with Crippen molar-refractivity contribution in [2.45, 2.75) is 19.1 Å². The molecule has 1 aromatic carbocycles. The van der Waals surface area contributed by atoms with Crippen LogP contribution in [0.1, 0.15) is 17.4 Å². The van der Waals surface area contributed by atoms with Crippen molar-refractivity contribution in [3.05, 3.63) is 47.8 Å². The maximum absolute atomic E-state index is 12.1. The Morgan fingerprint density at radius 3 is 2.91 bits per heavy atom. The van der Waals surface area contributed by atoms with Gasteiger partial charge in [-0.1, -0.05) is 12.1 Å². The molecule has 22 heavy (non-hydrogen) atoms. The molecule has 0 aliphatic carbocycles. The van der Waals surface area contributed by atoms with E-state index in [4.69, 9.17) is 0 Å². The summed E-state index contributed by atoms with van der Waals surface area (Å²) in [6, 6.07) is 7.38. The number of halogens is 2. The number of rotatable bonds is 7. The van der Waals surface area contributed by atoms with Gasteiger partial charge >= 0.3 is 6.61 Å². The number of hydrogen-bond acceptors (Lipinski definition) is 4. The first kappa shape index (κ1) is 15.9. The summed E-state index contributed by atoms with van der Waals surface area (Å²) in [4.78, 5) is 11.7. The zero-order valence-electron chi connectivity index (χ0n) is 11.5. The van der Waals surface area contributed by atoms with E-state index in [1.165, 1.54) is 24.4 Å².